The van der Waals surface area contributed by atoms with Crippen LogP contribution in [-0.4, -0.2) is 26.0 Å². The molecule has 2 aromatic rings. The maximum Gasteiger partial charge on any atom is 0.182 e. The molecule has 0 amide bonds. The van der Waals surface area contributed by atoms with Crippen LogP contribution < -0.4 is 5.32 Å². The van der Waals surface area contributed by atoms with Gasteiger partial charge < -0.3 is 10.3 Å². The molecule has 2 heterocycles. The van der Waals surface area contributed by atoms with Gasteiger partial charge in [0.1, 0.15) is 11.8 Å². The molecule has 0 bridgehead atoms. The summed E-state index contributed by atoms with van der Waals surface area (Å²) in [6.07, 6.45) is 3.19. The molecular weight excluding hydrogens is 226 g/mol. The molecule has 98 valence electrons. The van der Waals surface area contributed by atoms with Crippen molar-refractivity contribution in [3.8, 4) is 0 Å². The SMILES string of the molecule is CC(C)C(Nc1ncnc2nc[nH]c12)C(C)(C)C. The molecule has 0 saturated carbocycles. The van der Waals surface area contributed by atoms with Gasteiger partial charge in [0.25, 0.3) is 0 Å². The number of nitrogens with zero attached hydrogens (tertiary/aromatic N) is 3. The predicted octanol–water partition coefficient (Wildman–Crippen LogP) is 2.84. The first-order valence-electron chi connectivity index (χ1n) is 6.30. The Morgan fingerprint density at radius 3 is 2.50 bits per heavy atom. The molecule has 0 spiro atoms. The van der Waals surface area contributed by atoms with Gasteiger partial charge in [-0.1, -0.05) is 34.6 Å². The van der Waals surface area contributed by atoms with Gasteiger partial charge in [0.05, 0.1) is 6.33 Å². The quantitative estimate of drug-likeness (QED) is 0.875. The second-order valence-corrected chi connectivity index (χ2v) is 6.06. The van der Waals surface area contributed by atoms with Crippen LogP contribution in [0.2, 0.25) is 0 Å². The van der Waals surface area contributed by atoms with Crippen molar-refractivity contribution in [2.75, 3.05) is 5.32 Å². The minimum Gasteiger partial charge on any atom is -0.365 e. The molecule has 2 aromatic heterocycles. The van der Waals surface area contributed by atoms with E-state index in [4.69, 9.17) is 0 Å². The molecule has 0 aliphatic rings. The Kier molecular flexibility index (Phi) is 3.24. The number of imidazole rings is 1. The van der Waals surface area contributed by atoms with E-state index in [2.05, 4.69) is 59.9 Å². The molecule has 5 nitrogen and oxygen atoms in total. The van der Waals surface area contributed by atoms with Crippen LogP contribution in [0.4, 0.5) is 5.82 Å². The van der Waals surface area contributed by atoms with E-state index >= 15 is 0 Å². The van der Waals surface area contributed by atoms with Crippen molar-refractivity contribution in [3.63, 3.8) is 0 Å². The van der Waals surface area contributed by atoms with E-state index in [1.807, 2.05) is 0 Å². The fraction of sp³-hybridized carbons (Fsp3) is 0.615. The van der Waals surface area contributed by atoms with Crippen LogP contribution in [0.15, 0.2) is 12.7 Å². The van der Waals surface area contributed by atoms with Crippen molar-refractivity contribution >= 4 is 17.0 Å². The van der Waals surface area contributed by atoms with Crippen LogP contribution in [0.25, 0.3) is 11.2 Å². The van der Waals surface area contributed by atoms with E-state index in [1.165, 1.54) is 0 Å². The number of aromatic amines is 1. The minimum absolute atomic E-state index is 0.158. The predicted molar refractivity (Wildman–Crippen MR) is 73.4 cm³/mol. The summed E-state index contributed by atoms with van der Waals surface area (Å²) in [6.45, 7) is 11.1. The monoisotopic (exact) mass is 247 g/mol. The van der Waals surface area contributed by atoms with Gasteiger partial charge in [-0.15, -0.1) is 0 Å². The van der Waals surface area contributed by atoms with E-state index in [-0.39, 0.29) is 5.41 Å². The molecule has 0 aromatic carbocycles. The first-order chi connectivity index (χ1) is 8.39. The average Bonchev–Trinajstić information content (AvgIpc) is 2.72. The lowest BCUT2D eigenvalue weighted by Crippen LogP contribution is -2.38. The third-order valence-electron chi connectivity index (χ3n) is 3.11. The number of hydrogen-bond donors (Lipinski definition) is 2. The van der Waals surface area contributed by atoms with Crippen LogP contribution in [0.5, 0.6) is 0 Å². The van der Waals surface area contributed by atoms with E-state index in [0.717, 1.165) is 11.3 Å². The maximum absolute atomic E-state index is 4.32. The van der Waals surface area contributed by atoms with Gasteiger partial charge in [0.2, 0.25) is 0 Å². The van der Waals surface area contributed by atoms with E-state index in [9.17, 15) is 0 Å². The van der Waals surface area contributed by atoms with Crippen molar-refractivity contribution in [2.24, 2.45) is 11.3 Å². The highest BCUT2D eigenvalue weighted by atomic mass is 15.1. The number of rotatable bonds is 3. The number of hydrogen-bond acceptors (Lipinski definition) is 4. The van der Waals surface area contributed by atoms with Gasteiger partial charge in [-0.3, -0.25) is 0 Å². The minimum atomic E-state index is 0.158. The Morgan fingerprint density at radius 2 is 1.89 bits per heavy atom. The highest BCUT2D eigenvalue weighted by Gasteiger charge is 2.28. The summed E-state index contributed by atoms with van der Waals surface area (Å²) in [5.41, 5.74) is 1.72. The Hall–Kier alpha value is -1.65. The summed E-state index contributed by atoms with van der Waals surface area (Å²) in [7, 11) is 0. The lowest BCUT2D eigenvalue weighted by atomic mass is 9.80. The maximum atomic E-state index is 4.32. The zero-order chi connectivity index (χ0) is 13.3. The third kappa shape index (κ3) is 2.44. The fourth-order valence-electron chi connectivity index (χ4n) is 2.40. The fourth-order valence-corrected chi connectivity index (χ4v) is 2.40. The number of H-pyrrole nitrogens is 1. The number of anilines is 1. The van der Waals surface area contributed by atoms with Gasteiger partial charge in [0.15, 0.2) is 11.5 Å². The number of aromatic nitrogens is 4. The Morgan fingerprint density at radius 1 is 1.17 bits per heavy atom. The van der Waals surface area contributed by atoms with Gasteiger partial charge in [-0.05, 0) is 11.3 Å². The largest absolute Gasteiger partial charge is 0.365 e. The second-order valence-electron chi connectivity index (χ2n) is 6.06. The van der Waals surface area contributed by atoms with Crippen molar-refractivity contribution in [1.29, 1.82) is 0 Å². The first kappa shape index (κ1) is 12.8. The molecule has 2 rings (SSSR count). The zero-order valence-electron chi connectivity index (χ0n) is 11.7. The summed E-state index contributed by atoms with van der Waals surface area (Å²) in [5.74, 6) is 1.34. The molecule has 0 saturated heterocycles. The van der Waals surface area contributed by atoms with Crippen molar-refractivity contribution < 1.29 is 0 Å². The standard InChI is InChI=1S/C13H21N5/c1-8(2)10(13(3,4)5)18-12-9-11(15-6-14-9)16-7-17-12/h6-8,10H,1-5H3,(H2,14,15,16,17,18). The molecule has 0 radical (unpaired) electrons. The summed E-state index contributed by atoms with van der Waals surface area (Å²) in [5, 5.41) is 3.53. The van der Waals surface area contributed by atoms with Gasteiger partial charge in [0, 0.05) is 6.04 Å². The summed E-state index contributed by atoms with van der Waals surface area (Å²) in [4.78, 5) is 15.7. The summed E-state index contributed by atoms with van der Waals surface area (Å²) >= 11 is 0. The molecule has 5 heteroatoms. The molecule has 1 atom stereocenters. The number of nitrogens with one attached hydrogen (secondary N) is 2. The lowest BCUT2D eigenvalue weighted by molar-refractivity contribution is 0.280. The van der Waals surface area contributed by atoms with Crippen molar-refractivity contribution in [1.82, 2.24) is 19.9 Å². The normalized spacial score (nSPS) is 14.1. The molecule has 1 unspecified atom stereocenters. The molecule has 0 aliphatic carbocycles. The second kappa shape index (κ2) is 4.55. The smallest absolute Gasteiger partial charge is 0.182 e. The zero-order valence-corrected chi connectivity index (χ0v) is 11.7. The summed E-state index contributed by atoms with van der Waals surface area (Å²) in [6, 6.07) is 0.332. The molecule has 18 heavy (non-hydrogen) atoms. The van der Waals surface area contributed by atoms with Gasteiger partial charge in [-0.2, -0.15) is 0 Å². The Bertz CT molecular complexity index is 523. The van der Waals surface area contributed by atoms with Crippen LogP contribution in [-0.2, 0) is 0 Å². The summed E-state index contributed by atoms with van der Waals surface area (Å²) < 4.78 is 0. The van der Waals surface area contributed by atoms with Crippen molar-refractivity contribution in [3.05, 3.63) is 12.7 Å². The first-order valence-corrected chi connectivity index (χ1v) is 6.30. The van der Waals surface area contributed by atoms with Crippen molar-refractivity contribution in [2.45, 2.75) is 40.7 Å². The van der Waals surface area contributed by atoms with Crippen LogP contribution in [0.1, 0.15) is 34.6 Å². The van der Waals surface area contributed by atoms with E-state index < -0.39 is 0 Å². The van der Waals surface area contributed by atoms with Gasteiger partial charge in [-0.25, -0.2) is 15.0 Å². The highest BCUT2D eigenvalue weighted by molar-refractivity contribution is 5.82. The molecule has 2 N–H and O–H groups in total. The Labute approximate surface area is 107 Å². The average molecular weight is 247 g/mol. The molecule has 0 fully saturated rings. The van der Waals surface area contributed by atoms with Crippen LogP contribution in [0.3, 0.4) is 0 Å². The Balaban J connectivity index is 2.34. The molecule has 0 aliphatic heterocycles. The van der Waals surface area contributed by atoms with Gasteiger partial charge >= 0.3 is 0 Å². The van der Waals surface area contributed by atoms with Crippen LogP contribution >= 0.6 is 0 Å². The van der Waals surface area contributed by atoms with Crippen LogP contribution in [0, 0.1) is 11.3 Å². The van der Waals surface area contributed by atoms with E-state index in [1.54, 1.807) is 12.7 Å². The highest BCUT2D eigenvalue weighted by Crippen LogP contribution is 2.29. The molecular formula is C13H21N5. The van der Waals surface area contributed by atoms with E-state index in [0.29, 0.717) is 17.6 Å². The third-order valence-corrected chi connectivity index (χ3v) is 3.11. The topological polar surface area (TPSA) is 66.5 Å². The lowest BCUT2D eigenvalue weighted by Gasteiger charge is -2.35. The number of fused-ring (bicyclic) bond motifs is 1.